The highest BCUT2D eigenvalue weighted by molar-refractivity contribution is 6.35. The molecule has 292 valence electrons. The second-order valence-electron chi connectivity index (χ2n) is 14.4. The molecule has 0 bridgehead atoms. The molecular formula is C47H34N2O10. The molecule has 2 heterocycles. The zero-order chi connectivity index (χ0) is 41.6. The van der Waals surface area contributed by atoms with Crippen molar-refractivity contribution in [2.75, 3.05) is 9.80 Å². The van der Waals surface area contributed by atoms with Gasteiger partial charge in [-0.15, -0.1) is 0 Å². The van der Waals surface area contributed by atoms with Gasteiger partial charge < -0.3 is 18.9 Å². The third-order valence-electron chi connectivity index (χ3n) is 10.1. The maximum absolute atomic E-state index is 13.3. The van der Waals surface area contributed by atoms with Crippen molar-refractivity contribution in [3.8, 4) is 34.5 Å². The van der Waals surface area contributed by atoms with Crippen LogP contribution in [0.2, 0.25) is 0 Å². The van der Waals surface area contributed by atoms with Crippen LogP contribution in [0.3, 0.4) is 0 Å². The van der Waals surface area contributed by atoms with Crippen LogP contribution >= 0.6 is 0 Å². The highest BCUT2D eigenvalue weighted by atomic mass is 16.5. The van der Waals surface area contributed by atoms with Gasteiger partial charge in [-0.2, -0.15) is 0 Å². The quantitative estimate of drug-likeness (QED) is 0.0749. The fourth-order valence-corrected chi connectivity index (χ4v) is 7.01. The van der Waals surface area contributed by atoms with Crippen molar-refractivity contribution >= 4 is 46.9 Å². The summed E-state index contributed by atoms with van der Waals surface area (Å²) in [5.74, 6) is -0.384. The molecule has 6 aromatic rings. The van der Waals surface area contributed by atoms with Gasteiger partial charge in [0.15, 0.2) is 0 Å². The van der Waals surface area contributed by atoms with Crippen LogP contribution in [0.25, 0.3) is 0 Å². The van der Waals surface area contributed by atoms with E-state index in [2.05, 4.69) is 13.8 Å². The lowest BCUT2D eigenvalue weighted by Gasteiger charge is -2.26. The van der Waals surface area contributed by atoms with E-state index in [1.807, 2.05) is 48.5 Å². The number of esters is 2. The molecule has 12 heteroatoms. The fourth-order valence-electron chi connectivity index (χ4n) is 7.01. The summed E-state index contributed by atoms with van der Waals surface area (Å²) in [6, 6.07) is 37.0. The number of rotatable bonds is 10. The first-order chi connectivity index (χ1) is 28.3. The first kappa shape index (κ1) is 38.0. The molecule has 0 atom stereocenters. The summed E-state index contributed by atoms with van der Waals surface area (Å²) in [7, 11) is 0. The molecule has 0 fully saturated rings. The van der Waals surface area contributed by atoms with E-state index in [1.165, 1.54) is 38.1 Å². The van der Waals surface area contributed by atoms with E-state index in [1.54, 1.807) is 60.7 Å². The minimum atomic E-state index is -0.489. The Bertz CT molecular complexity index is 2520. The van der Waals surface area contributed by atoms with E-state index < -0.39 is 41.0 Å². The van der Waals surface area contributed by atoms with E-state index in [9.17, 15) is 28.8 Å². The molecule has 8 rings (SSSR count). The zero-order valence-electron chi connectivity index (χ0n) is 32.2. The minimum absolute atomic E-state index is 0.217. The first-order valence-electron chi connectivity index (χ1n) is 18.5. The third-order valence-corrected chi connectivity index (χ3v) is 10.1. The number of benzene rings is 6. The van der Waals surface area contributed by atoms with E-state index in [0.29, 0.717) is 45.9 Å². The lowest BCUT2D eigenvalue weighted by molar-refractivity contribution is -0.132. The summed E-state index contributed by atoms with van der Waals surface area (Å²) in [6.07, 6.45) is 0. The van der Waals surface area contributed by atoms with Gasteiger partial charge >= 0.3 is 11.9 Å². The van der Waals surface area contributed by atoms with Crippen molar-refractivity contribution in [3.05, 3.63) is 167 Å². The van der Waals surface area contributed by atoms with Crippen molar-refractivity contribution < 1.29 is 47.7 Å². The highest BCUT2D eigenvalue weighted by Gasteiger charge is 2.38. The predicted molar refractivity (Wildman–Crippen MR) is 216 cm³/mol. The Kier molecular flexibility index (Phi) is 9.61. The number of ether oxygens (including phenoxy) is 4. The minimum Gasteiger partial charge on any atom is -0.457 e. The van der Waals surface area contributed by atoms with Crippen LogP contribution in [0.1, 0.15) is 80.3 Å². The van der Waals surface area contributed by atoms with E-state index in [-0.39, 0.29) is 22.3 Å². The summed E-state index contributed by atoms with van der Waals surface area (Å²) < 4.78 is 22.3. The number of amides is 4. The molecule has 0 unspecified atom stereocenters. The normalized spacial score (nSPS) is 13.3. The van der Waals surface area contributed by atoms with Gasteiger partial charge in [-0.3, -0.25) is 28.8 Å². The van der Waals surface area contributed by atoms with Crippen LogP contribution in [-0.2, 0) is 15.0 Å². The smallest absolute Gasteiger partial charge is 0.308 e. The number of fused-ring (bicyclic) bond motifs is 2. The monoisotopic (exact) mass is 786 g/mol. The Labute approximate surface area is 338 Å². The summed E-state index contributed by atoms with van der Waals surface area (Å²) in [4.78, 5) is 77.7. The molecule has 0 saturated heterocycles. The third kappa shape index (κ3) is 7.30. The lowest BCUT2D eigenvalue weighted by atomic mass is 9.78. The summed E-state index contributed by atoms with van der Waals surface area (Å²) in [6.45, 7) is 6.76. The lowest BCUT2D eigenvalue weighted by Crippen LogP contribution is -2.29. The van der Waals surface area contributed by atoms with Gasteiger partial charge in [-0.25, -0.2) is 9.80 Å². The Balaban J connectivity index is 0.911. The molecule has 0 saturated carbocycles. The molecule has 0 spiro atoms. The van der Waals surface area contributed by atoms with Crippen molar-refractivity contribution in [2.45, 2.75) is 33.1 Å². The Morgan fingerprint density at radius 2 is 0.712 bits per heavy atom. The topological polar surface area (TPSA) is 146 Å². The van der Waals surface area contributed by atoms with Gasteiger partial charge in [0.2, 0.25) is 0 Å². The van der Waals surface area contributed by atoms with Gasteiger partial charge in [0.25, 0.3) is 23.6 Å². The Morgan fingerprint density at radius 1 is 0.407 bits per heavy atom. The van der Waals surface area contributed by atoms with Crippen molar-refractivity contribution in [2.24, 2.45) is 0 Å². The van der Waals surface area contributed by atoms with Crippen molar-refractivity contribution in [3.63, 3.8) is 0 Å². The second kappa shape index (κ2) is 14.9. The average molecular weight is 787 g/mol. The van der Waals surface area contributed by atoms with E-state index >= 15 is 0 Å². The van der Waals surface area contributed by atoms with Crippen LogP contribution < -0.4 is 28.7 Å². The number of imide groups is 2. The molecule has 6 aromatic carbocycles. The highest BCUT2D eigenvalue weighted by Crippen LogP contribution is 2.38. The van der Waals surface area contributed by atoms with Gasteiger partial charge in [0.05, 0.1) is 33.6 Å². The molecule has 2 aliphatic heterocycles. The summed E-state index contributed by atoms with van der Waals surface area (Å²) in [5, 5.41) is 0. The van der Waals surface area contributed by atoms with Crippen LogP contribution in [0, 0.1) is 0 Å². The molecule has 4 amide bonds. The number of hydrogen-bond acceptors (Lipinski definition) is 10. The molecule has 0 aromatic heterocycles. The van der Waals surface area contributed by atoms with Crippen LogP contribution in [-0.4, -0.2) is 35.6 Å². The van der Waals surface area contributed by atoms with Crippen molar-refractivity contribution in [1.29, 1.82) is 0 Å². The van der Waals surface area contributed by atoms with Gasteiger partial charge in [-0.05, 0) is 120 Å². The molecular weight excluding hydrogens is 753 g/mol. The van der Waals surface area contributed by atoms with Crippen LogP contribution in [0.5, 0.6) is 34.5 Å². The molecule has 0 N–H and O–H groups in total. The van der Waals surface area contributed by atoms with Crippen molar-refractivity contribution in [1.82, 2.24) is 0 Å². The second-order valence-corrected chi connectivity index (χ2v) is 14.4. The Morgan fingerprint density at radius 3 is 1.05 bits per heavy atom. The largest absolute Gasteiger partial charge is 0.457 e. The summed E-state index contributed by atoms with van der Waals surface area (Å²) >= 11 is 0. The number of nitrogens with zero attached hydrogens (tertiary/aromatic N) is 2. The number of hydrogen-bond donors (Lipinski definition) is 0. The maximum atomic E-state index is 13.3. The van der Waals surface area contributed by atoms with Gasteiger partial charge in [-0.1, -0.05) is 38.1 Å². The van der Waals surface area contributed by atoms with E-state index in [4.69, 9.17) is 18.9 Å². The average Bonchev–Trinajstić information content (AvgIpc) is 3.61. The van der Waals surface area contributed by atoms with Gasteiger partial charge in [0.1, 0.15) is 34.5 Å². The molecule has 0 aliphatic carbocycles. The SMILES string of the molecule is CC(=O)Oc1ccc(N2C(=O)c3ccc(Oc4ccc(C(C)(C)c5ccc(Oc6ccc7c(c6)C(=O)N(c6ccc(OC(C)=O)cc6)C7=O)cc5)cc4)cc3C2=O)cc1. The summed E-state index contributed by atoms with van der Waals surface area (Å²) in [5.41, 5.74) is 3.25. The molecule has 0 radical (unpaired) electrons. The maximum Gasteiger partial charge on any atom is 0.308 e. The molecule has 59 heavy (non-hydrogen) atoms. The number of carbonyl (C=O) groups is 6. The first-order valence-corrected chi connectivity index (χ1v) is 18.5. The fraction of sp³-hybridized carbons (Fsp3) is 0.106. The zero-order valence-corrected chi connectivity index (χ0v) is 32.2. The molecule has 12 nitrogen and oxygen atoms in total. The van der Waals surface area contributed by atoms with Crippen LogP contribution in [0.4, 0.5) is 11.4 Å². The van der Waals surface area contributed by atoms with E-state index in [0.717, 1.165) is 20.9 Å². The molecule has 2 aliphatic rings. The predicted octanol–water partition coefficient (Wildman–Crippen LogP) is 9.05. The van der Waals surface area contributed by atoms with Gasteiger partial charge in [0, 0.05) is 19.3 Å². The Hall–Kier alpha value is -7.86. The number of anilines is 2. The van der Waals surface area contributed by atoms with Crippen LogP contribution in [0.15, 0.2) is 133 Å². The number of carbonyl (C=O) groups excluding carboxylic acids is 6. The standard InChI is InChI=1S/C47H34N2O10/c1-27(50)56-33-17-9-31(10-18-33)48-43(52)39-23-21-37(25-41(39)45(48)54)58-35-13-5-29(6-14-35)47(3,4)30-7-15-36(16-8-30)59-38-22-24-40-42(26-38)46(55)49(44(40)53)32-11-19-34(20-12-32)57-28(2)51/h5-26H,1-4H3.